The topological polar surface area (TPSA) is 104 Å². The maximum absolute atomic E-state index is 11.7. The zero-order chi connectivity index (χ0) is 12.0. The van der Waals surface area contributed by atoms with Crippen LogP contribution in [0.4, 0.5) is 8.78 Å². The van der Waals surface area contributed by atoms with Crippen LogP contribution < -0.4 is 5.32 Å². The van der Waals surface area contributed by atoms with Gasteiger partial charge in [-0.05, 0) is 6.42 Å². The minimum Gasteiger partial charge on any atom is -0.481 e. The van der Waals surface area contributed by atoms with E-state index < -0.39 is 43.2 Å². The third-order valence-corrected chi connectivity index (χ3v) is 1.46. The fraction of sp³-hybridized carbons (Fsp3) is 0.571. The Morgan fingerprint density at radius 1 is 1.20 bits per heavy atom. The minimum absolute atomic E-state index is 0.441. The zero-order valence-electron chi connectivity index (χ0n) is 7.44. The van der Waals surface area contributed by atoms with Gasteiger partial charge in [-0.25, -0.2) is 4.79 Å². The lowest BCUT2D eigenvalue weighted by Crippen LogP contribution is -2.43. The van der Waals surface area contributed by atoms with E-state index in [0.717, 1.165) is 0 Å². The number of hydrogen-bond donors (Lipinski definition) is 3. The molecule has 15 heavy (non-hydrogen) atoms. The Labute approximate surface area is 82.9 Å². The fourth-order valence-corrected chi connectivity index (χ4v) is 0.760. The maximum Gasteiger partial charge on any atom is 0.326 e. The van der Waals surface area contributed by atoms with Gasteiger partial charge in [0.05, 0.1) is 0 Å². The van der Waals surface area contributed by atoms with Crippen LogP contribution in [0.3, 0.4) is 0 Å². The van der Waals surface area contributed by atoms with E-state index >= 15 is 0 Å². The number of halogens is 2. The van der Waals surface area contributed by atoms with Crippen molar-refractivity contribution in [2.24, 2.45) is 0 Å². The highest BCUT2D eigenvalue weighted by Gasteiger charge is 2.24. The van der Waals surface area contributed by atoms with Crippen LogP contribution in [0.25, 0.3) is 0 Å². The van der Waals surface area contributed by atoms with Crippen LogP contribution in [-0.2, 0) is 14.4 Å². The van der Waals surface area contributed by atoms with Gasteiger partial charge in [0.15, 0.2) is 0 Å². The van der Waals surface area contributed by atoms with E-state index in [-0.39, 0.29) is 0 Å². The smallest absolute Gasteiger partial charge is 0.326 e. The van der Waals surface area contributed by atoms with Gasteiger partial charge in [0.1, 0.15) is 6.04 Å². The summed E-state index contributed by atoms with van der Waals surface area (Å²) in [5.41, 5.74) is 0. The number of carbonyl (C=O) groups excluding carboxylic acids is 1. The Balaban J connectivity index is 4.22. The molecule has 86 valence electrons. The molecule has 0 aromatic carbocycles. The minimum atomic E-state index is -3.32. The SMILES string of the molecule is O=C(O)CCC(NC(=O)C(F)F)C(=O)O. The normalized spacial score (nSPS) is 12.2. The summed E-state index contributed by atoms with van der Waals surface area (Å²) in [5, 5.41) is 18.2. The van der Waals surface area contributed by atoms with Crippen molar-refractivity contribution >= 4 is 17.8 Å². The van der Waals surface area contributed by atoms with E-state index in [0.29, 0.717) is 0 Å². The van der Waals surface area contributed by atoms with Crippen molar-refractivity contribution in [1.29, 1.82) is 0 Å². The number of carboxylic acids is 2. The van der Waals surface area contributed by atoms with Gasteiger partial charge in [0.25, 0.3) is 5.91 Å². The molecule has 0 saturated heterocycles. The third kappa shape index (κ3) is 5.55. The van der Waals surface area contributed by atoms with E-state index in [9.17, 15) is 23.2 Å². The Morgan fingerprint density at radius 3 is 2.07 bits per heavy atom. The van der Waals surface area contributed by atoms with Crippen molar-refractivity contribution in [2.45, 2.75) is 25.3 Å². The molecule has 0 spiro atoms. The summed E-state index contributed by atoms with van der Waals surface area (Å²) in [7, 11) is 0. The van der Waals surface area contributed by atoms with E-state index in [1.54, 1.807) is 0 Å². The van der Waals surface area contributed by atoms with Gasteiger partial charge in [0, 0.05) is 6.42 Å². The molecule has 0 aliphatic rings. The first-order chi connectivity index (χ1) is 6.84. The number of amides is 1. The average molecular weight is 225 g/mol. The van der Waals surface area contributed by atoms with Crippen molar-refractivity contribution in [2.75, 3.05) is 0 Å². The number of aliphatic carboxylic acids is 2. The molecule has 0 fully saturated rings. The summed E-state index contributed by atoms with van der Waals surface area (Å²) in [5.74, 6) is -4.55. The molecule has 0 aromatic heterocycles. The van der Waals surface area contributed by atoms with Crippen LogP contribution in [0.2, 0.25) is 0 Å². The molecule has 1 amide bonds. The summed E-state index contributed by atoms with van der Waals surface area (Å²) >= 11 is 0. The molecular formula is C7H9F2NO5. The predicted octanol–water partition coefficient (Wildman–Crippen LogP) is -0.314. The van der Waals surface area contributed by atoms with Gasteiger partial charge in [-0.15, -0.1) is 0 Å². The second-order valence-corrected chi connectivity index (χ2v) is 2.63. The Bertz CT molecular complexity index is 268. The molecule has 8 heteroatoms. The monoisotopic (exact) mass is 225 g/mol. The first-order valence-corrected chi connectivity index (χ1v) is 3.87. The van der Waals surface area contributed by atoms with Crippen LogP contribution >= 0.6 is 0 Å². The highest BCUT2D eigenvalue weighted by Crippen LogP contribution is 2.00. The largest absolute Gasteiger partial charge is 0.481 e. The molecule has 1 atom stereocenters. The molecule has 0 aromatic rings. The summed E-state index contributed by atoms with van der Waals surface area (Å²) < 4.78 is 23.5. The van der Waals surface area contributed by atoms with E-state index in [1.165, 1.54) is 5.32 Å². The lowest BCUT2D eigenvalue weighted by Gasteiger charge is -2.12. The van der Waals surface area contributed by atoms with Crippen molar-refractivity contribution in [3.05, 3.63) is 0 Å². The summed E-state index contributed by atoms with van der Waals surface area (Å²) in [4.78, 5) is 30.9. The Morgan fingerprint density at radius 2 is 1.73 bits per heavy atom. The molecule has 0 radical (unpaired) electrons. The number of nitrogens with one attached hydrogen (secondary N) is 1. The number of carbonyl (C=O) groups is 3. The second-order valence-electron chi connectivity index (χ2n) is 2.63. The van der Waals surface area contributed by atoms with Crippen LogP contribution in [0.5, 0.6) is 0 Å². The number of alkyl halides is 2. The highest BCUT2D eigenvalue weighted by atomic mass is 19.3. The molecule has 0 aliphatic carbocycles. The maximum atomic E-state index is 11.7. The van der Waals surface area contributed by atoms with Crippen molar-refractivity contribution in [3.8, 4) is 0 Å². The second kappa shape index (κ2) is 5.89. The van der Waals surface area contributed by atoms with Crippen LogP contribution in [0.1, 0.15) is 12.8 Å². The van der Waals surface area contributed by atoms with E-state index in [2.05, 4.69) is 0 Å². The Hall–Kier alpha value is -1.73. The lowest BCUT2D eigenvalue weighted by atomic mass is 10.1. The first kappa shape index (κ1) is 13.3. The summed E-state index contributed by atoms with van der Waals surface area (Å²) in [6.07, 6.45) is -4.29. The average Bonchev–Trinajstić information content (AvgIpc) is 2.10. The van der Waals surface area contributed by atoms with Crippen LogP contribution in [-0.4, -0.2) is 40.5 Å². The van der Waals surface area contributed by atoms with E-state index in [4.69, 9.17) is 10.2 Å². The lowest BCUT2D eigenvalue weighted by molar-refractivity contribution is -0.145. The van der Waals surface area contributed by atoms with Gasteiger partial charge >= 0.3 is 18.4 Å². The van der Waals surface area contributed by atoms with Crippen molar-refractivity contribution < 1.29 is 33.4 Å². The summed E-state index contributed by atoms with van der Waals surface area (Å²) in [6, 6.07) is -1.61. The fourth-order valence-electron chi connectivity index (χ4n) is 0.760. The first-order valence-electron chi connectivity index (χ1n) is 3.87. The number of rotatable bonds is 6. The van der Waals surface area contributed by atoms with Gasteiger partial charge in [-0.1, -0.05) is 0 Å². The van der Waals surface area contributed by atoms with Gasteiger partial charge in [-0.3, -0.25) is 9.59 Å². The Kier molecular flexibility index (Phi) is 5.21. The van der Waals surface area contributed by atoms with Crippen LogP contribution in [0.15, 0.2) is 0 Å². The van der Waals surface area contributed by atoms with Crippen molar-refractivity contribution in [3.63, 3.8) is 0 Å². The van der Waals surface area contributed by atoms with Crippen molar-refractivity contribution in [1.82, 2.24) is 5.32 Å². The molecule has 3 N–H and O–H groups in total. The quantitative estimate of drug-likeness (QED) is 0.575. The number of hydrogen-bond acceptors (Lipinski definition) is 3. The molecule has 0 rings (SSSR count). The molecule has 6 nitrogen and oxygen atoms in total. The van der Waals surface area contributed by atoms with Gasteiger partial charge < -0.3 is 15.5 Å². The third-order valence-electron chi connectivity index (χ3n) is 1.46. The molecule has 0 saturated carbocycles. The molecular weight excluding hydrogens is 216 g/mol. The molecule has 0 aliphatic heterocycles. The molecule has 0 heterocycles. The standard InChI is InChI=1S/C7H9F2NO5/c8-5(9)6(13)10-3(7(14)15)1-2-4(11)12/h3,5H,1-2H2,(H,10,13)(H,11,12)(H,14,15). The number of carboxylic acid groups (broad SMARTS) is 2. The van der Waals surface area contributed by atoms with Gasteiger partial charge in [-0.2, -0.15) is 8.78 Å². The predicted molar refractivity (Wildman–Crippen MR) is 42.4 cm³/mol. The van der Waals surface area contributed by atoms with Gasteiger partial charge in [0.2, 0.25) is 0 Å². The van der Waals surface area contributed by atoms with Crippen LogP contribution in [0, 0.1) is 0 Å². The summed E-state index contributed by atoms with van der Waals surface area (Å²) in [6.45, 7) is 0. The zero-order valence-corrected chi connectivity index (χ0v) is 7.44. The molecule has 0 bridgehead atoms. The van der Waals surface area contributed by atoms with E-state index in [1.807, 2.05) is 0 Å². The molecule has 1 unspecified atom stereocenters. The highest BCUT2D eigenvalue weighted by molar-refractivity contribution is 5.85.